The van der Waals surface area contributed by atoms with Gasteiger partial charge in [-0.15, -0.1) is 24.9 Å². The number of hydrogen-bond donors (Lipinski definition) is 1. The monoisotopic (exact) mass is 597 g/mol. The molecule has 3 aliphatic heterocycles. The number of likely N-dealkylation sites (tertiary alicyclic amines) is 1. The van der Waals surface area contributed by atoms with Gasteiger partial charge in [-0.2, -0.15) is 0 Å². The van der Waals surface area contributed by atoms with E-state index in [1.165, 1.54) is 0 Å². The van der Waals surface area contributed by atoms with Gasteiger partial charge in [-0.3, -0.25) is 14.4 Å². The van der Waals surface area contributed by atoms with Crippen LogP contribution in [-0.4, -0.2) is 87.1 Å². The van der Waals surface area contributed by atoms with Gasteiger partial charge >= 0.3 is 0 Å². The van der Waals surface area contributed by atoms with Crippen molar-refractivity contribution in [2.24, 2.45) is 11.8 Å². The predicted octanol–water partition coefficient (Wildman–Crippen LogP) is 4.67. The number of benzene rings is 1. The van der Waals surface area contributed by atoms with Gasteiger partial charge in [0.25, 0.3) is 0 Å². The van der Waals surface area contributed by atoms with Crippen LogP contribution in [0.25, 0.3) is 0 Å². The van der Waals surface area contributed by atoms with Crippen molar-refractivity contribution in [2.45, 2.75) is 81.4 Å². The van der Waals surface area contributed by atoms with Crippen molar-refractivity contribution in [3.05, 3.63) is 49.6 Å². The fraction of sp³-hybridized carbons (Fsp3) is 0.606. The normalized spacial score (nSPS) is 28.4. The molecule has 2 unspecified atom stereocenters. The van der Waals surface area contributed by atoms with Gasteiger partial charge in [-0.1, -0.05) is 32.4 Å². The lowest BCUT2D eigenvalue weighted by Crippen LogP contribution is -2.57. The van der Waals surface area contributed by atoms with Crippen LogP contribution in [0.2, 0.25) is 0 Å². The second-order valence-electron chi connectivity index (χ2n) is 11.8. The van der Waals surface area contributed by atoms with Gasteiger partial charge in [-0.25, -0.2) is 0 Å². The molecule has 42 heavy (non-hydrogen) atoms. The Morgan fingerprint density at radius 3 is 2.40 bits per heavy atom. The van der Waals surface area contributed by atoms with Crippen LogP contribution in [0, 0.1) is 11.8 Å². The number of carbonyl (C=O) groups is 3. The number of hydrogen-bond acceptors (Lipinski definition) is 6. The van der Waals surface area contributed by atoms with Crippen LogP contribution in [0.4, 0.5) is 5.69 Å². The molecule has 4 rings (SSSR count). The molecule has 0 saturated carbocycles. The lowest BCUT2D eigenvalue weighted by atomic mass is 9.66. The summed E-state index contributed by atoms with van der Waals surface area (Å²) in [6, 6.07) is 6.17. The van der Waals surface area contributed by atoms with Gasteiger partial charge in [0.1, 0.15) is 11.8 Å². The van der Waals surface area contributed by atoms with Gasteiger partial charge in [0.05, 0.1) is 35.8 Å². The van der Waals surface area contributed by atoms with Crippen LogP contribution in [0.1, 0.15) is 59.8 Å². The minimum Gasteiger partial charge on any atom is -0.494 e. The van der Waals surface area contributed by atoms with E-state index in [0.29, 0.717) is 44.8 Å². The summed E-state index contributed by atoms with van der Waals surface area (Å²) in [5.41, 5.74) is 0.710. The summed E-state index contributed by atoms with van der Waals surface area (Å²) in [7, 11) is 0. The maximum atomic E-state index is 14.6. The van der Waals surface area contributed by atoms with Crippen LogP contribution >= 0.6 is 11.8 Å². The average molecular weight is 598 g/mol. The Balaban J connectivity index is 1.78. The maximum absolute atomic E-state index is 14.6. The minimum absolute atomic E-state index is 0.106. The summed E-state index contributed by atoms with van der Waals surface area (Å²) in [5.74, 6) is -0.982. The van der Waals surface area contributed by atoms with E-state index < -0.39 is 33.4 Å². The highest BCUT2D eigenvalue weighted by molar-refractivity contribution is 8.02. The van der Waals surface area contributed by atoms with Crippen LogP contribution in [-0.2, 0) is 14.4 Å². The van der Waals surface area contributed by atoms with Crippen molar-refractivity contribution in [3.63, 3.8) is 0 Å². The molecule has 6 atom stereocenters. The van der Waals surface area contributed by atoms with E-state index in [2.05, 4.69) is 27.0 Å². The topological polar surface area (TPSA) is 90.4 Å². The molecule has 1 N–H and O–H groups in total. The third-order valence-electron chi connectivity index (χ3n) is 9.27. The maximum Gasteiger partial charge on any atom is 0.247 e. The molecule has 0 aromatic heterocycles. The number of aliphatic hydroxyl groups excluding tert-OH is 1. The fourth-order valence-electron chi connectivity index (χ4n) is 7.30. The average Bonchev–Trinajstić information content (AvgIpc) is 3.55. The molecule has 3 heterocycles. The molecule has 3 amide bonds. The Morgan fingerprint density at radius 2 is 1.83 bits per heavy atom. The first kappa shape index (κ1) is 32.1. The van der Waals surface area contributed by atoms with E-state index in [1.54, 1.807) is 38.6 Å². The largest absolute Gasteiger partial charge is 0.494 e. The molecule has 1 spiro atoms. The van der Waals surface area contributed by atoms with E-state index in [0.717, 1.165) is 25.0 Å². The van der Waals surface area contributed by atoms with Crippen LogP contribution in [0.3, 0.4) is 0 Å². The highest BCUT2D eigenvalue weighted by atomic mass is 32.2. The van der Waals surface area contributed by atoms with Gasteiger partial charge in [0.2, 0.25) is 17.7 Å². The molecule has 1 aromatic rings. The number of aliphatic hydroxyl groups is 1. The van der Waals surface area contributed by atoms with Crippen LogP contribution < -0.4 is 9.64 Å². The lowest BCUT2D eigenvalue weighted by molar-refractivity contribution is -0.146. The van der Waals surface area contributed by atoms with Gasteiger partial charge in [0, 0.05) is 30.1 Å². The van der Waals surface area contributed by atoms with Gasteiger partial charge < -0.3 is 24.5 Å². The first-order valence-electron chi connectivity index (χ1n) is 15.4. The third-order valence-corrected chi connectivity index (χ3v) is 11.3. The number of carbonyl (C=O) groups excluding carboxylic acids is 3. The lowest BCUT2D eigenvalue weighted by Gasteiger charge is -2.39. The number of nitrogens with zero attached hydrogens (tertiary/aromatic N) is 3. The molecule has 3 aliphatic rings. The van der Waals surface area contributed by atoms with E-state index in [-0.39, 0.29) is 24.3 Å². The molecule has 1 aromatic carbocycles. The number of rotatable bonds is 15. The van der Waals surface area contributed by atoms with Crippen LogP contribution in [0.15, 0.2) is 49.6 Å². The molecule has 230 valence electrons. The fourth-order valence-corrected chi connectivity index (χ4v) is 9.63. The first-order valence-corrected chi connectivity index (χ1v) is 16.2. The highest BCUT2D eigenvalue weighted by Crippen LogP contribution is 2.72. The van der Waals surface area contributed by atoms with Gasteiger partial charge in [-0.05, 0) is 63.8 Å². The molecule has 2 bridgehead atoms. The number of fused-ring (bicyclic) bond motifs is 1. The second kappa shape index (κ2) is 13.2. The highest BCUT2D eigenvalue weighted by Gasteiger charge is 2.78. The minimum atomic E-state index is -0.744. The zero-order valence-corrected chi connectivity index (χ0v) is 26.4. The molecule has 0 radical (unpaired) electrons. The summed E-state index contributed by atoms with van der Waals surface area (Å²) in [5, 5.41) is 10.4. The van der Waals surface area contributed by atoms with E-state index in [4.69, 9.17) is 4.74 Å². The molecular weight excluding hydrogens is 550 g/mol. The molecule has 0 aliphatic carbocycles. The molecule has 3 fully saturated rings. The summed E-state index contributed by atoms with van der Waals surface area (Å²) in [4.78, 5) is 48.7. The molecule has 9 heteroatoms. The second-order valence-corrected chi connectivity index (χ2v) is 13.7. The zero-order chi connectivity index (χ0) is 30.7. The SMILES string of the molecule is C=CCN(CCCC)C(=O)C1N([C@@H](CC)CO)C(=O)[C@@H]2[C@H](C(=O)N(CC=C)c3ccc(OCC)cc3)[C@]3(C)CCC12S3. The Morgan fingerprint density at radius 1 is 1.14 bits per heavy atom. The van der Waals surface area contributed by atoms with Crippen molar-refractivity contribution in [1.82, 2.24) is 9.80 Å². The van der Waals surface area contributed by atoms with Crippen molar-refractivity contribution >= 4 is 35.2 Å². The quantitative estimate of drug-likeness (QED) is 0.296. The Kier molecular flexibility index (Phi) is 10.1. The summed E-state index contributed by atoms with van der Waals surface area (Å²) >= 11 is 1.66. The molecular formula is C33H47N3O5S. The number of amides is 3. The number of anilines is 1. The summed E-state index contributed by atoms with van der Waals surface area (Å²) in [6.45, 7) is 17.4. The Labute approximate surface area is 255 Å². The predicted molar refractivity (Wildman–Crippen MR) is 169 cm³/mol. The number of ether oxygens (including phenoxy) is 1. The zero-order valence-electron chi connectivity index (χ0n) is 25.6. The van der Waals surface area contributed by atoms with Gasteiger partial charge in [0.15, 0.2) is 0 Å². The van der Waals surface area contributed by atoms with E-state index >= 15 is 0 Å². The van der Waals surface area contributed by atoms with E-state index in [9.17, 15) is 19.5 Å². The summed E-state index contributed by atoms with van der Waals surface area (Å²) in [6.07, 6.45) is 7.12. The molecule has 3 saturated heterocycles. The molecule has 8 nitrogen and oxygen atoms in total. The van der Waals surface area contributed by atoms with Crippen molar-refractivity contribution in [3.8, 4) is 5.75 Å². The third kappa shape index (κ3) is 5.39. The van der Waals surface area contributed by atoms with E-state index in [1.807, 2.05) is 38.1 Å². The van der Waals surface area contributed by atoms with Crippen molar-refractivity contribution in [1.29, 1.82) is 0 Å². The standard InChI is InChI=1S/C33H47N3O5S/c1-7-12-21-34(19-8-2)31(40)28-33-18-17-32(6,42-33)26(27(33)30(39)36(28)23(10-4)22-37)29(38)35(20-9-3)24-13-15-25(16-14-24)41-11-5/h8-9,13-16,23,26-28,37H,2-3,7,10-12,17-22H2,1,4-6H3/t23-,26+,27-,28?,32-,33?/m0/s1. The number of thioether (sulfide) groups is 1. The summed E-state index contributed by atoms with van der Waals surface area (Å²) < 4.78 is 4.36. The number of unbranched alkanes of at least 4 members (excludes halogenated alkanes) is 1. The Bertz CT molecular complexity index is 1170. The van der Waals surface area contributed by atoms with Crippen molar-refractivity contribution in [2.75, 3.05) is 37.7 Å². The van der Waals surface area contributed by atoms with Crippen molar-refractivity contribution < 1.29 is 24.2 Å². The first-order chi connectivity index (χ1) is 20.2. The Hall–Kier alpha value is -2.78. The van der Waals surface area contributed by atoms with Crippen LogP contribution in [0.5, 0.6) is 5.75 Å². The smallest absolute Gasteiger partial charge is 0.247 e.